The molecular weight excluding hydrogens is 328 g/mol. The van der Waals surface area contributed by atoms with Gasteiger partial charge in [-0.25, -0.2) is 9.78 Å². The molecule has 2 amide bonds. The topological polar surface area (TPSA) is 123 Å². The summed E-state index contributed by atoms with van der Waals surface area (Å²) >= 11 is 0. The Bertz CT molecular complexity index is 749. The smallest absolute Gasteiger partial charge is 0.409 e. The number of hydrogen-bond donors (Lipinski definition) is 3. The summed E-state index contributed by atoms with van der Waals surface area (Å²) in [6.45, 7) is 2.20. The lowest BCUT2D eigenvalue weighted by Crippen LogP contribution is -2.12. The van der Waals surface area contributed by atoms with Crippen molar-refractivity contribution < 1.29 is 24.2 Å². The molecule has 0 bridgehead atoms. The van der Waals surface area contributed by atoms with Crippen molar-refractivity contribution in [3.8, 4) is 17.0 Å². The average Bonchev–Trinajstić information content (AvgIpc) is 2.55. The first-order valence-corrected chi connectivity index (χ1v) is 7.35. The van der Waals surface area contributed by atoms with Gasteiger partial charge in [0.05, 0.1) is 24.2 Å². The van der Waals surface area contributed by atoms with Crippen LogP contribution in [0.1, 0.15) is 6.92 Å². The third-order valence-electron chi connectivity index (χ3n) is 3.02. The molecule has 0 radical (unpaired) electrons. The molecule has 0 aromatic carbocycles. The number of carbonyl (C=O) groups excluding carboxylic acids is 1. The second kappa shape index (κ2) is 8.60. The lowest BCUT2D eigenvalue weighted by atomic mass is 10.1. The molecule has 132 valence electrons. The van der Waals surface area contributed by atoms with E-state index in [1.807, 2.05) is 0 Å². The first-order valence-electron chi connectivity index (χ1n) is 7.35. The number of methoxy groups -OCH3 is 1. The molecule has 0 aliphatic rings. The second-order valence-corrected chi connectivity index (χ2v) is 4.95. The van der Waals surface area contributed by atoms with E-state index in [9.17, 15) is 9.59 Å². The number of ether oxygens (including phenoxy) is 2. The number of aromatic nitrogens is 2. The lowest BCUT2D eigenvalue weighted by molar-refractivity contribution is -0.114. The van der Waals surface area contributed by atoms with Crippen molar-refractivity contribution >= 4 is 23.5 Å². The normalized spacial score (nSPS) is 10.2. The fourth-order valence-corrected chi connectivity index (χ4v) is 1.99. The van der Waals surface area contributed by atoms with Crippen LogP contribution in [0.15, 0.2) is 30.6 Å². The van der Waals surface area contributed by atoms with E-state index < -0.39 is 6.09 Å². The number of anilines is 2. The van der Waals surface area contributed by atoms with Gasteiger partial charge in [0.25, 0.3) is 0 Å². The van der Waals surface area contributed by atoms with E-state index >= 15 is 0 Å². The first-order chi connectivity index (χ1) is 12.0. The third-order valence-corrected chi connectivity index (χ3v) is 3.02. The van der Waals surface area contributed by atoms with Crippen LogP contribution in [0.3, 0.4) is 0 Å². The standard InChI is InChI=1S/C16H18N4O5/c1-10(21)19-15-7-14(20-16(22)23)12(9-18-15)13-4-3-11(8-17-13)25-6-5-24-2/h3-4,7-9H,5-6H2,1-2H3,(H,22,23)(H2,18,19,20,21). The molecule has 0 aliphatic heterocycles. The van der Waals surface area contributed by atoms with Gasteiger partial charge in [0.2, 0.25) is 5.91 Å². The highest BCUT2D eigenvalue weighted by Gasteiger charge is 2.12. The Kier molecular flexibility index (Phi) is 6.24. The summed E-state index contributed by atoms with van der Waals surface area (Å²) in [4.78, 5) is 30.5. The predicted octanol–water partition coefficient (Wildman–Crippen LogP) is 2.22. The van der Waals surface area contributed by atoms with Crippen LogP contribution in [-0.4, -0.2) is 47.4 Å². The van der Waals surface area contributed by atoms with Crippen molar-refractivity contribution in [2.75, 3.05) is 31.0 Å². The van der Waals surface area contributed by atoms with Crippen molar-refractivity contribution in [1.29, 1.82) is 0 Å². The maximum Gasteiger partial charge on any atom is 0.409 e. The van der Waals surface area contributed by atoms with Gasteiger partial charge in [-0.2, -0.15) is 0 Å². The molecule has 25 heavy (non-hydrogen) atoms. The molecule has 2 aromatic heterocycles. The van der Waals surface area contributed by atoms with E-state index in [-0.39, 0.29) is 17.4 Å². The number of nitrogens with one attached hydrogen (secondary N) is 2. The molecule has 2 rings (SSSR count). The fraction of sp³-hybridized carbons (Fsp3) is 0.250. The van der Waals surface area contributed by atoms with E-state index in [2.05, 4.69) is 20.6 Å². The van der Waals surface area contributed by atoms with Gasteiger partial charge in [0.1, 0.15) is 18.2 Å². The van der Waals surface area contributed by atoms with Gasteiger partial charge >= 0.3 is 6.09 Å². The van der Waals surface area contributed by atoms with Crippen LogP contribution in [0.4, 0.5) is 16.3 Å². The third kappa shape index (κ3) is 5.43. The highest BCUT2D eigenvalue weighted by molar-refractivity contribution is 5.93. The Labute approximate surface area is 144 Å². The Hall–Kier alpha value is -3.20. The number of carbonyl (C=O) groups is 2. The van der Waals surface area contributed by atoms with Crippen LogP contribution in [0.25, 0.3) is 11.3 Å². The highest BCUT2D eigenvalue weighted by atomic mass is 16.5. The van der Waals surface area contributed by atoms with Gasteiger partial charge in [0, 0.05) is 31.9 Å². The summed E-state index contributed by atoms with van der Waals surface area (Å²) in [5.41, 5.74) is 1.23. The van der Waals surface area contributed by atoms with Gasteiger partial charge in [-0.1, -0.05) is 0 Å². The van der Waals surface area contributed by atoms with E-state index in [0.29, 0.717) is 30.2 Å². The second-order valence-electron chi connectivity index (χ2n) is 4.95. The SMILES string of the molecule is COCCOc1ccc(-c2cnc(NC(C)=O)cc2NC(=O)O)nc1. The van der Waals surface area contributed by atoms with Crippen LogP contribution in [0, 0.1) is 0 Å². The molecule has 0 saturated heterocycles. The molecule has 0 spiro atoms. The first kappa shape index (κ1) is 18.1. The fourth-order valence-electron chi connectivity index (χ4n) is 1.99. The number of carboxylic acid groups (broad SMARTS) is 1. The molecule has 9 heteroatoms. The number of amides is 2. The Balaban J connectivity index is 2.26. The van der Waals surface area contributed by atoms with Crippen LogP contribution in [0.2, 0.25) is 0 Å². The minimum absolute atomic E-state index is 0.236. The molecule has 0 aliphatic carbocycles. The van der Waals surface area contributed by atoms with E-state index in [1.165, 1.54) is 25.4 Å². The van der Waals surface area contributed by atoms with Crippen molar-refractivity contribution in [2.24, 2.45) is 0 Å². The molecule has 2 aromatic rings. The summed E-state index contributed by atoms with van der Waals surface area (Å²) in [7, 11) is 1.58. The molecule has 0 atom stereocenters. The maximum atomic E-state index is 11.1. The molecule has 0 fully saturated rings. The van der Waals surface area contributed by atoms with Crippen molar-refractivity contribution in [3.05, 3.63) is 30.6 Å². The quantitative estimate of drug-likeness (QED) is 0.657. The predicted molar refractivity (Wildman–Crippen MR) is 90.8 cm³/mol. The van der Waals surface area contributed by atoms with E-state index in [0.717, 1.165) is 0 Å². The molecular formula is C16H18N4O5. The van der Waals surface area contributed by atoms with Crippen LogP contribution < -0.4 is 15.4 Å². The summed E-state index contributed by atoms with van der Waals surface area (Å²) in [5.74, 6) is 0.494. The van der Waals surface area contributed by atoms with Gasteiger partial charge < -0.3 is 19.9 Å². The minimum Gasteiger partial charge on any atom is -0.490 e. The summed E-state index contributed by atoms with van der Waals surface area (Å²) in [6.07, 6.45) is 1.72. The molecule has 2 heterocycles. The Morgan fingerprint density at radius 2 is 1.96 bits per heavy atom. The number of rotatable bonds is 7. The van der Waals surface area contributed by atoms with Crippen molar-refractivity contribution in [3.63, 3.8) is 0 Å². The van der Waals surface area contributed by atoms with E-state index in [1.54, 1.807) is 19.2 Å². The summed E-state index contributed by atoms with van der Waals surface area (Å²) in [5, 5.41) is 13.8. The lowest BCUT2D eigenvalue weighted by Gasteiger charge is -2.11. The Morgan fingerprint density at radius 3 is 2.56 bits per heavy atom. The van der Waals surface area contributed by atoms with Crippen molar-refractivity contribution in [2.45, 2.75) is 6.92 Å². The van der Waals surface area contributed by atoms with E-state index in [4.69, 9.17) is 14.6 Å². The molecule has 9 nitrogen and oxygen atoms in total. The van der Waals surface area contributed by atoms with Crippen LogP contribution in [0.5, 0.6) is 5.75 Å². The molecule has 0 saturated carbocycles. The maximum absolute atomic E-state index is 11.1. The minimum atomic E-state index is -1.24. The monoisotopic (exact) mass is 346 g/mol. The zero-order valence-electron chi connectivity index (χ0n) is 13.8. The summed E-state index contributed by atoms with van der Waals surface area (Å²) < 4.78 is 10.3. The van der Waals surface area contributed by atoms with Crippen LogP contribution in [-0.2, 0) is 9.53 Å². The average molecular weight is 346 g/mol. The van der Waals surface area contributed by atoms with Gasteiger partial charge in [-0.05, 0) is 12.1 Å². The zero-order valence-corrected chi connectivity index (χ0v) is 13.8. The number of pyridine rings is 2. The van der Waals surface area contributed by atoms with Gasteiger partial charge in [0.15, 0.2) is 0 Å². The zero-order chi connectivity index (χ0) is 18.2. The highest BCUT2D eigenvalue weighted by Crippen LogP contribution is 2.28. The molecule has 0 unspecified atom stereocenters. The number of hydrogen-bond acceptors (Lipinski definition) is 6. The van der Waals surface area contributed by atoms with Crippen LogP contribution >= 0.6 is 0 Å². The Morgan fingerprint density at radius 1 is 1.16 bits per heavy atom. The van der Waals surface area contributed by atoms with Gasteiger partial charge in [-0.15, -0.1) is 0 Å². The van der Waals surface area contributed by atoms with Crippen molar-refractivity contribution in [1.82, 2.24) is 9.97 Å². The number of nitrogens with zero attached hydrogens (tertiary/aromatic N) is 2. The van der Waals surface area contributed by atoms with Gasteiger partial charge in [-0.3, -0.25) is 15.1 Å². The molecule has 3 N–H and O–H groups in total. The largest absolute Gasteiger partial charge is 0.490 e. The summed E-state index contributed by atoms with van der Waals surface area (Å²) in [6, 6.07) is 4.82.